The first-order chi connectivity index (χ1) is 11.3. The van der Waals surface area contributed by atoms with E-state index in [-0.39, 0.29) is 80.9 Å². The summed E-state index contributed by atoms with van der Waals surface area (Å²) in [7, 11) is -9.56. The van der Waals surface area contributed by atoms with Crippen molar-refractivity contribution in [2.45, 2.75) is 78.1 Å². The van der Waals surface area contributed by atoms with E-state index in [2.05, 4.69) is 13.8 Å². The summed E-state index contributed by atoms with van der Waals surface area (Å²) in [6.07, 6.45) is 13.9. The number of unbranched alkanes of at least 4 members (excludes halogenated alkanes) is 9. The van der Waals surface area contributed by atoms with Crippen molar-refractivity contribution in [3.05, 3.63) is 6.92 Å². The molecule has 0 aliphatic rings. The van der Waals surface area contributed by atoms with E-state index in [4.69, 9.17) is 42.0 Å². The summed E-state index contributed by atoms with van der Waals surface area (Å²) < 4.78 is 41.7. The Balaban J connectivity index is -0.0000000620. The van der Waals surface area contributed by atoms with Crippen LogP contribution < -0.4 is 80.9 Å². The monoisotopic (exact) mass is 467 g/mol. The quantitative estimate of drug-likeness (QED) is 0.0704. The van der Waals surface area contributed by atoms with Gasteiger partial charge in [0.15, 0.2) is 0 Å². The van der Waals surface area contributed by atoms with Crippen LogP contribution in [0.2, 0.25) is 0 Å². The number of nitriles is 1. The van der Waals surface area contributed by atoms with E-state index in [1.165, 1.54) is 64.7 Å². The fraction of sp³-hybridized carbons (Fsp3) is 0.857. The Morgan fingerprint density at radius 1 is 1.00 bits per heavy atom. The van der Waals surface area contributed by atoms with Crippen molar-refractivity contribution in [3.8, 4) is 6.07 Å². The fourth-order valence-electron chi connectivity index (χ4n) is 1.49. The van der Waals surface area contributed by atoms with E-state index in [9.17, 15) is 0 Å². The third-order valence-electron chi connectivity index (χ3n) is 2.35. The van der Waals surface area contributed by atoms with E-state index in [1.807, 2.05) is 0 Å². The second-order valence-corrected chi connectivity index (χ2v) is 6.73. The zero-order valence-electron chi connectivity index (χ0n) is 17.0. The van der Waals surface area contributed by atoms with Crippen molar-refractivity contribution in [1.82, 2.24) is 0 Å². The van der Waals surface area contributed by atoms with Gasteiger partial charge in [-0.3, -0.25) is 4.55 Å². The fourth-order valence-corrected chi connectivity index (χ4v) is 1.49. The van der Waals surface area contributed by atoms with Crippen LogP contribution in [0, 0.1) is 18.3 Å². The molecule has 0 aliphatic carbocycles. The molecule has 0 saturated heterocycles. The summed E-state index contributed by atoms with van der Waals surface area (Å²) in [5, 5.41) is 7.32. The minimum Gasteiger partial charge on any atom is -0.726 e. The third-order valence-corrected chi connectivity index (χ3v) is 2.35. The molecule has 0 unspecified atom stereocenters. The van der Waals surface area contributed by atoms with Gasteiger partial charge in [0.25, 0.3) is 0 Å². The second-order valence-electron chi connectivity index (χ2n) is 4.85. The molecule has 0 amide bonds. The van der Waals surface area contributed by atoms with Crippen LogP contribution in [0.4, 0.5) is 0 Å². The molecule has 0 radical (unpaired) electrons. The van der Waals surface area contributed by atoms with Crippen molar-refractivity contribution >= 4 is 18.2 Å². The van der Waals surface area contributed by atoms with Crippen molar-refractivity contribution in [3.63, 3.8) is 0 Å². The van der Waals surface area contributed by atoms with Gasteiger partial charge in [0.1, 0.15) is 0 Å². The molecule has 154 valence electrons. The van der Waals surface area contributed by atoms with Crippen molar-refractivity contribution in [2.75, 3.05) is 0 Å². The van der Waals surface area contributed by atoms with Crippen LogP contribution in [0.1, 0.15) is 78.1 Å². The Hall–Kier alpha value is 2.11. The first kappa shape index (κ1) is 43.1. The Morgan fingerprint density at radius 2 is 1.19 bits per heavy atom. The zero-order chi connectivity index (χ0) is 20.8. The van der Waals surface area contributed by atoms with Crippen LogP contribution in [0.3, 0.4) is 0 Å². The van der Waals surface area contributed by atoms with E-state index < -0.39 is 18.2 Å². The second kappa shape index (κ2) is 32.8. The van der Waals surface area contributed by atoms with Crippen LogP contribution >= 0.6 is 7.82 Å². The van der Waals surface area contributed by atoms with Crippen LogP contribution in [-0.2, 0) is 15.0 Å². The van der Waals surface area contributed by atoms with E-state index >= 15 is 0 Å². The molecule has 0 saturated carbocycles. The van der Waals surface area contributed by atoms with Gasteiger partial charge in [0.05, 0.1) is 6.07 Å². The molecule has 0 heterocycles. The number of hydrogen-bond donors (Lipinski definition) is 4. The molecule has 0 atom stereocenters. The summed E-state index contributed by atoms with van der Waals surface area (Å²) in [5.41, 5.74) is 0. The maximum atomic E-state index is 8.88. The van der Waals surface area contributed by atoms with Gasteiger partial charge >= 0.3 is 88.8 Å². The normalized spacial score (nSPS) is 9.30. The van der Waals surface area contributed by atoms with Crippen LogP contribution in [0.15, 0.2) is 0 Å². The largest absolute Gasteiger partial charge is 1.00 e. The molecule has 4 N–H and O–H groups in total. The van der Waals surface area contributed by atoms with Gasteiger partial charge in [-0.05, 0) is 0 Å². The van der Waals surface area contributed by atoms with E-state index in [0.29, 0.717) is 0 Å². The molecule has 9 nitrogen and oxygen atoms in total. The number of phosphoric acid groups is 1. The molecule has 0 rings (SSSR count). The van der Waals surface area contributed by atoms with Gasteiger partial charge in [-0.2, -0.15) is 11.7 Å². The van der Waals surface area contributed by atoms with Gasteiger partial charge in [-0.15, -0.1) is 0 Å². The summed E-state index contributed by atoms with van der Waals surface area (Å²) in [5.74, 6) is 0. The number of hydrogen-bond acceptors (Lipinski definition) is 5. The van der Waals surface area contributed by atoms with Crippen LogP contribution in [0.5, 0.6) is 0 Å². The summed E-state index contributed by atoms with van der Waals surface area (Å²) in [6.45, 7) is 7.55. The standard InChI is InChI=1S/C12H25.C2H3N.K.Na.H3O4P.H2O4S/c1-3-5-7-9-11-12-10-8-6-4-2;1-2-3;;;2*1-5(2,3)4/h1,3-12H2,2H3;1H3;;;(H3,1,2,3,4);(H2,1,2,3,4)/q-1;;2*+1;;/p-1. The SMILES string of the molecule is CC#N.O=P(O)(O)O.O=S(=O)([O-])O.[CH2-]CCCCCCCCCCC.[K+].[Na+]. The van der Waals surface area contributed by atoms with Crippen molar-refractivity contribution in [1.29, 1.82) is 5.26 Å². The third kappa shape index (κ3) is 155. The average Bonchev–Trinajstić information content (AvgIpc) is 2.39. The minimum absolute atomic E-state index is 0. The average molecular weight is 468 g/mol. The molecule has 0 spiro atoms. The maximum Gasteiger partial charge on any atom is 1.00 e. The molecular formula is C14H32KNNaO8PS. The van der Waals surface area contributed by atoms with E-state index in [1.54, 1.807) is 6.07 Å². The molecule has 0 bridgehead atoms. The van der Waals surface area contributed by atoms with Gasteiger partial charge < -0.3 is 26.2 Å². The van der Waals surface area contributed by atoms with E-state index in [0.717, 1.165) is 6.42 Å². The van der Waals surface area contributed by atoms with Gasteiger partial charge in [-0.25, -0.2) is 13.0 Å². The van der Waals surface area contributed by atoms with Gasteiger partial charge in [0, 0.05) is 6.92 Å². The molecule has 0 fully saturated rings. The van der Waals surface area contributed by atoms with Crippen molar-refractivity contribution < 1.29 is 118 Å². The summed E-state index contributed by atoms with van der Waals surface area (Å²) in [4.78, 5) is 21.6. The van der Waals surface area contributed by atoms with Crippen LogP contribution in [-0.4, -0.2) is 32.2 Å². The predicted octanol–water partition coefficient (Wildman–Crippen LogP) is -2.64. The van der Waals surface area contributed by atoms with Gasteiger partial charge in [0.2, 0.25) is 10.4 Å². The molecule has 0 aromatic carbocycles. The summed E-state index contributed by atoms with van der Waals surface area (Å²) in [6, 6.07) is 1.75. The Morgan fingerprint density at radius 3 is 1.37 bits per heavy atom. The first-order valence-corrected chi connectivity index (χ1v) is 10.8. The molecule has 27 heavy (non-hydrogen) atoms. The topological polar surface area (TPSA) is 179 Å². The molecule has 0 aromatic heterocycles. The van der Waals surface area contributed by atoms with Crippen molar-refractivity contribution in [2.24, 2.45) is 0 Å². The minimum atomic E-state index is -4.92. The molecular weight excluding hydrogens is 435 g/mol. The number of nitrogens with zero attached hydrogens (tertiary/aromatic N) is 1. The summed E-state index contributed by atoms with van der Waals surface area (Å²) >= 11 is 0. The smallest absolute Gasteiger partial charge is 0.726 e. The van der Waals surface area contributed by atoms with Gasteiger partial charge in [-0.1, -0.05) is 64.7 Å². The Bertz CT molecular complexity index is 417. The first-order valence-electron chi connectivity index (χ1n) is 7.90. The molecule has 0 aliphatic heterocycles. The predicted molar refractivity (Wildman–Crippen MR) is 95.1 cm³/mol. The Kier molecular flexibility index (Phi) is 52.3. The molecule has 13 heteroatoms. The molecule has 0 aromatic rings. The van der Waals surface area contributed by atoms with Crippen LogP contribution in [0.25, 0.3) is 0 Å². The number of rotatable bonds is 9. The zero-order valence-corrected chi connectivity index (χ0v) is 23.8. The maximum absolute atomic E-state index is 8.88. The Labute approximate surface area is 229 Å².